The molecule has 4 atom stereocenters. The van der Waals surface area contributed by atoms with Crippen LogP contribution in [0, 0.1) is 0 Å². The van der Waals surface area contributed by atoms with Crippen LogP contribution in [0.1, 0.15) is 0 Å². The van der Waals surface area contributed by atoms with E-state index in [2.05, 4.69) is 26.2 Å². The SMILES string of the molecule is O=C1N[C@H](CO)C(=O)N2CCNCC12.OC[C@@H]1CN2CCNCC2CN1. The van der Waals surface area contributed by atoms with Crippen LogP contribution in [0.25, 0.3) is 0 Å². The molecule has 26 heavy (non-hydrogen) atoms. The molecule has 0 spiro atoms. The number of fused-ring (bicyclic) bond motifs is 2. The Hall–Kier alpha value is -1.30. The molecule has 4 rings (SSSR count). The third-order valence-corrected chi connectivity index (χ3v) is 5.42. The highest BCUT2D eigenvalue weighted by molar-refractivity contribution is 5.97. The van der Waals surface area contributed by atoms with E-state index in [0.29, 0.717) is 31.7 Å². The van der Waals surface area contributed by atoms with Crippen molar-refractivity contribution in [2.24, 2.45) is 0 Å². The molecular formula is C16H30N6O4. The van der Waals surface area contributed by atoms with E-state index in [-0.39, 0.29) is 25.0 Å². The Bertz CT molecular complexity index is 507. The van der Waals surface area contributed by atoms with Crippen molar-refractivity contribution >= 4 is 11.8 Å². The van der Waals surface area contributed by atoms with Gasteiger partial charge in [-0.1, -0.05) is 0 Å². The number of nitrogens with one attached hydrogen (secondary N) is 4. The summed E-state index contributed by atoms with van der Waals surface area (Å²) in [6, 6.07) is -0.225. The fourth-order valence-electron chi connectivity index (χ4n) is 3.87. The maximum absolute atomic E-state index is 11.7. The van der Waals surface area contributed by atoms with Crippen molar-refractivity contribution in [2.75, 3.05) is 65.6 Å². The number of rotatable bonds is 2. The Morgan fingerprint density at radius 1 is 1.00 bits per heavy atom. The Morgan fingerprint density at radius 2 is 1.77 bits per heavy atom. The van der Waals surface area contributed by atoms with E-state index in [1.165, 1.54) is 4.90 Å². The van der Waals surface area contributed by atoms with Gasteiger partial charge in [-0.15, -0.1) is 0 Å². The molecule has 0 saturated carbocycles. The van der Waals surface area contributed by atoms with Gasteiger partial charge in [0, 0.05) is 64.4 Å². The molecule has 0 aliphatic carbocycles. The topological polar surface area (TPSA) is 129 Å². The van der Waals surface area contributed by atoms with E-state index in [0.717, 1.165) is 32.7 Å². The molecule has 0 aromatic carbocycles. The van der Waals surface area contributed by atoms with Crippen molar-refractivity contribution in [3.05, 3.63) is 0 Å². The number of nitrogens with zero attached hydrogens (tertiary/aromatic N) is 2. The smallest absolute Gasteiger partial charge is 0.248 e. The van der Waals surface area contributed by atoms with Crippen molar-refractivity contribution in [2.45, 2.75) is 24.2 Å². The van der Waals surface area contributed by atoms with Gasteiger partial charge >= 0.3 is 0 Å². The first-order valence-electron chi connectivity index (χ1n) is 9.35. The van der Waals surface area contributed by atoms with E-state index in [1.54, 1.807) is 0 Å². The summed E-state index contributed by atoms with van der Waals surface area (Å²) in [6.45, 7) is 6.98. The summed E-state index contributed by atoms with van der Waals surface area (Å²) in [4.78, 5) is 27.2. The highest BCUT2D eigenvalue weighted by Crippen LogP contribution is 2.11. The molecule has 6 N–H and O–H groups in total. The zero-order valence-electron chi connectivity index (χ0n) is 15.0. The van der Waals surface area contributed by atoms with Crippen molar-refractivity contribution < 1.29 is 19.8 Å². The first kappa shape index (κ1) is 19.5. The molecule has 0 aromatic rings. The van der Waals surface area contributed by atoms with Gasteiger partial charge in [-0.2, -0.15) is 0 Å². The van der Waals surface area contributed by atoms with Gasteiger partial charge in [-0.3, -0.25) is 14.5 Å². The first-order valence-corrected chi connectivity index (χ1v) is 9.35. The molecule has 10 nitrogen and oxygen atoms in total. The lowest BCUT2D eigenvalue weighted by Crippen LogP contribution is -2.69. The van der Waals surface area contributed by atoms with Crippen LogP contribution in [-0.2, 0) is 9.59 Å². The number of carbonyl (C=O) groups is 2. The normalized spacial score (nSPS) is 34.9. The summed E-state index contributed by atoms with van der Waals surface area (Å²) in [5.74, 6) is -0.366. The summed E-state index contributed by atoms with van der Waals surface area (Å²) < 4.78 is 0. The van der Waals surface area contributed by atoms with Crippen LogP contribution in [0.2, 0.25) is 0 Å². The van der Waals surface area contributed by atoms with Crippen LogP contribution in [0.5, 0.6) is 0 Å². The number of aliphatic hydroxyl groups excluding tert-OH is 2. The molecule has 4 heterocycles. The lowest BCUT2D eigenvalue weighted by Gasteiger charge is -2.42. The molecule has 4 aliphatic heterocycles. The van der Waals surface area contributed by atoms with Gasteiger partial charge < -0.3 is 36.4 Å². The van der Waals surface area contributed by atoms with Gasteiger partial charge in [0.2, 0.25) is 11.8 Å². The van der Waals surface area contributed by atoms with Gasteiger partial charge in [-0.05, 0) is 0 Å². The fraction of sp³-hybridized carbons (Fsp3) is 0.875. The maximum Gasteiger partial charge on any atom is 0.248 e. The highest BCUT2D eigenvalue weighted by Gasteiger charge is 2.41. The number of hydrogen-bond donors (Lipinski definition) is 6. The number of aliphatic hydroxyl groups is 2. The lowest BCUT2D eigenvalue weighted by atomic mass is 10.1. The van der Waals surface area contributed by atoms with Crippen LogP contribution < -0.4 is 21.3 Å². The van der Waals surface area contributed by atoms with Gasteiger partial charge in [0.1, 0.15) is 12.1 Å². The largest absolute Gasteiger partial charge is 0.395 e. The zero-order valence-corrected chi connectivity index (χ0v) is 15.0. The lowest BCUT2D eigenvalue weighted by molar-refractivity contribution is -0.151. The number of amides is 2. The standard InChI is InChI=1S/C8H13N3O3.C8H17N3O/c12-4-5-8(14)11-2-1-9-3-6(11)7(13)10-5;12-6-7-5-11-2-1-9-3-8(11)4-10-7/h5-6,9,12H,1-4H2,(H,10,13);7-10,12H,1-6H2/t5-,6?;7-,8?/m10/s1. The second kappa shape index (κ2) is 9.07. The molecule has 4 fully saturated rings. The summed E-state index contributed by atoms with van der Waals surface area (Å²) >= 11 is 0. The van der Waals surface area contributed by atoms with Crippen LogP contribution in [0.3, 0.4) is 0 Å². The molecule has 4 saturated heterocycles. The monoisotopic (exact) mass is 370 g/mol. The van der Waals surface area contributed by atoms with Gasteiger partial charge in [0.05, 0.1) is 13.2 Å². The van der Waals surface area contributed by atoms with Crippen LogP contribution >= 0.6 is 0 Å². The van der Waals surface area contributed by atoms with Crippen molar-refractivity contribution in [1.82, 2.24) is 31.1 Å². The average Bonchev–Trinajstić information content (AvgIpc) is 2.70. The van der Waals surface area contributed by atoms with E-state index in [4.69, 9.17) is 10.2 Å². The molecule has 148 valence electrons. The Morgan fingerprint density at radius 3 is 2.54 bits per heavy atom. The second-order valence-electron chi connectivity index (χ2n) is 7.14. The number of carbonyl (C=O) groups excluding carboxylic acids is 2. The Labute approximate surface area is 153 Å². The number of piperazine rings is 4. The van der Waals surface area contributed by atoms with E-state index in [1.807, 2.05) is 0 Å². The molecule has 0 aromatic heterocycles. The molecule has 2 unspecified atom stereocenters. The third kappa shape index (κ3) is 4.33. The van der Waals surface area contributed by atoms with Crippen LogP contribution in [0.15, 0.2) is 0 Å². The Balaban J connectivity index is 0.000000152. The molecule has 10 heteroatoms. The molecule has 0 bridgehead atoms. The third-order valence-electron chi connectivity index (χ3n) is 5.42. The van der Waals surface area contributed by atoms with Crippen molar-refractivity contribution in [1.29, 1.82) is 0 Å². The molecule has 4 aliphatic rings. The minimum Gasteiger partial charge on any atom is -0.395 e. The molecule has 0 radical (unpaired) electrons. The van der Waals surface area contributed by atoms with Gasteiger partial charge in [0.25, 0.3) is 0 Å². The first-order chi connectivity index (χ1) is 12.6. The minimum atomic E-state index is -0.753. The van der Waals surface area contributed by atoms with E-state index < -0.39 is 12.1 Å². The zero-order chi connectivity index (χ0) is 18.5. The summed E-state index contributed by atoms with van der Waals surface area (Å²) in [6.07, 6.45) is 0. The van der Waals surface area contributed by atoms with E-state index in [9.17, 15) is 9.59 Å². The fourth-order valence-corrected chi connectivity index (χ4v) is 3.87. The van der Waals surface area contributed by atoms with Crippen molar-refractivity contribution in [3.63, 3.8) is 0 Å². The minimum absolute atomic E-state index is 0.182. The van der Waals surface area contributed by atoms with Crippen LogP contribution in [-0.4, -0.2) is 122 Å². The average molecular weight is 370 g/mol. The number of hydrogen-bond acceptors (Lipinski definition) is 8. The maximum atomic E-state index is 11.7. The predicted molar refractivity (Wildman–Crippen MR) is 94.5 cm³/mol. The summed E-state index contributed by atoms with van der Waals surface area (Å²) in [5.41, 5.74) is 0. The summed E-state index contributed by atoms with van der Waals surface area (Å²) in [7, 11) is 0. The van der Waals surface area contributed by atoms with E-state index >= 15 is 0 Å². The van der Waals surface area contributed by atoms with Gasteiger partial charge in [-0.25, -0.2) is 0 Å². The molecular weight excluding hydrogens is 340 g/mol. The van der Waals surface area contributed by atoms with Gasteiger partial charge in [0.15, 0.2) is 0 Å². The summed E-state index contributed by atoms with van der Waals surface area (Å²) in [5, 5.41) is 30.1. The molecule has 2 amide bonds. The van der Waals surface area contributed by atoms with Crippen molar-refractivity contribution in [3.8, 4) is 0 Å². The Kier molecular flexibility index (Phi) is 6.79. The quantitative estimate of drug-likeness (QED) is 0.287. The highest BCUT2D eigenvalue weighted by atomic mass is 16.3. The van der Waals surface area contributed by atoms with Crippen LogP contribution in [0.4, 0.5) is 0 Å². The predicted octanol–water partition coefficient (Wildman–Crippen LogP) is -4.50. The second-order valence-corrected chi connectivity index (χ2v) is 7.14.